The number of anilines is 1. The molecule has 0 radical (unpaired) electrons. The molecule has 0 amide bonds. The summed E-state index contributed by atoms with van der Waals surface area (Å²) >= 11 is 1.88. The molecule has 3 heteroatoms. The summed E-state index contributed by atoms with van der Waals surface area (Å²) in [7, 11) is 0. The average Bonchev–Trinajstić information content (AvgIpc) is 2.79. The maximum absolute atomic E-state index is 6.13. The van der Waals surface area contributed by atoms with Gasteiger partial charge in [0.1, 0.15) is 0 Å². The SMILES string of the molecule is Cc1cc(C(CN)N2CCCc3ccccc32)c(C)s1. The van der Waals surface area contributed by atoms with Gasteiger partial charge < -0.3 is 10.6 Å². The van der Waals surface area contributed by atoms with Crippen LogP contribution in [0.5, 0.6) is 0 Å². The fourth-order valence-electron chi connectivity index (χ4n) is 3.29. The van der Waals surface area contributed by atoms with Crippen LogP contribution in [0.15, 0.2) is 30.3 Å². The highest BCUT2D eigenvalue weighted by Gasteiger charge is 2.26. The molecule has 106 valence electrons. The van der Waals surface area contributed by atoms with E-state index in [0.717, 1.165) is 6.54 Å². The lowest BCUT2D eigenvalue weighted by Gasteiger charge is -2.37. The van der Waals surface area contributed by atoms with E-state index in [9.17, 15) is 0 Å². The zero-order chi connectivity index (χ0) is 14.1. The predicted molar refractivity (Wildman–Crippen MR) is 87.7 cm³/mol. The fraction of sp³-hybridized carbons (Fsp3) is 0.412. The highest BCUT2D eigenvalue weighted by atomic mass is 32.1. The third-order valence-electron chi connectivity index (χ3n) is 4.18. The van der Waals surface area contributed by atoms with E-state index in [4.69, 9.17) is 5.73 Å². The number of benzene rings is 1. The zero-order valence-corrected chi connectivity index (χ0v) is 13.0. The minimum atomic E-state index is 0.307. The number of rotatable bonds is 3. The summed E-state index contributed by atoms with van der Waals surface area (Å²) < 4.78 is 0. The van der Waals surface area contributed by atoms with E-state index in [-0.39, 0.29) is 0 Å². The highest BCUT2D eigenvalue weighted by Crippen LogP contribution is 2.36. The molecular weight excluding hydrogens is 264 g/mol. The van der Waals surface area contributed by atoms with Gasteiger partial charge in [-0.15, -0.1) is 11.3 Å². The van der Waals surface area contributed by atoms with E-state index in [1.165, 1.54) is 39.4 Å². The Morgan fingerprint density at radius 2 is 2.10 bits per heavy atom. The lowest BCUT2D eigenvalue weighted by molar-refractivity contribution is 0.587. The summed E-state index contributed by atoms with van der Waals surface area (Å²) in [6.45, 7) is 6.17. The number of nitrogens with two attached hydrogens (primary N) is 1. The molecule has 3 rings (SSSR count). The number of thiophene rings is 1. The first kappa shape index (κ1) is 13.7. The van der Waals surface area contributed by atoms with Crippen molar-refractivity contribution in [3.8, 4) is 0 Å². The van der Waals surface area contributed by atoms with Crippen LogP contribution in [0.2, 0.25) is 0 Å². The number of hydrogen-bond acceptors (Lipinski definition) is 3. The molecule has 1 aromatic heterocycles. The second-order valence-corrected chi connectivity index (χ2v) is 7.01. The monoisotopic (exact) mass is 286 g/mol. The van der Waals surface area contributed by atoms with Crippen molar-refractivity contribution in [2.24, 2.45) is 5.73 Å². The largest absolute Gasteiger partial charge is 0.363 e. The average molecular weight is 286 g/mol. The zero-order valence-electron chi connectivity index (χ0n) is 12.2. The standard InChI is InChI=1S/C17H22N2S/c1-12-10-15(13(2)20-12)17(11-18)19-9-5-7-14-6-3-4-8-16(14)19/h3-4,6,8,10,17H,5,7,9,11,18H2,1-2H3. The third kappa shape index (κ3) is 2.36. The Kier molecular flexibility index (Phi) is 3.81. The molecule has 1 atom stereocenters. The van der Waals surface area contributed by atoms with E-state index in [1.54, 1.807) is 0 Å². The normalized spacial score (nSPS) is 16.1. The molecule has 2 heterocycles. The van der Waals surface area contributed by atoms with Gasteiger partial charge in [-0.1, -0.05) is 18.2 Å². The molecule has 1 aliphatic rings. The topological polar surface area (TPSA) is 29.3 Å². The molecule has 0 bridgehead atoms. The summed E-state index contributed by atoms with van der Waals surface area (Å²) in [4.78, 5) is 5.29. The molecule has 0 fully saturated rings. The Morgan fingerprint density at radius 1 is 1.30 bits per heavy atom. The number of nitrogens with zero attached hydrogens (tertiary/aromatic N) is 1. The Hall–Kier alpha value is -1.32. The van der Waals surface area contributed by atoms with Crippen molar-refractivity contribution in [1.82, 2.24) is 0 Å². The molecule has 1 aromatic carbocycles. The van der Waals surface area contributed by atoms with Crippen molar-refractivity contribution in [3.05, 3.63) is 51.2 Å². The van der Waals surface area contributed by atoms with Gasteiger partial charge in [-0.05, 0) is 49.9 Å². The first-order chi connectivity index (χ1) is 9.70. The molecule has 2 nitrogen and oxygen atoms in total. The van der Waals surface area contributed by atoms with E-state index >= 15 is 0 Å². The van der Waals surface area contributed by atoms with Crippen LogP contribution in [0.25, 0.3) is 0 Å². The predicted octanol–water partition coefficient (Wildman–Crippen LogP) is 3.82. The highest BCUT2D eigenvalue weighted by molar-refractivity contribution is 7.12. The van der Waals surface area contributed by atoms with Crippen molar-refractivity contribution in [1.29, 1.82) is 0 Å². The second-order valence-electron chi connectivity index (χ2n) is 5.55. The smallest absolute Gasteiger partial charge is 0.0675 e. The van der Waals surface area contributed by atoms with Crippen molar-refractivity contribution < 1.29 is 0 Å². The maximum Gasteiger partial charge on any atom is 0.0675 e. The van der Waals surface area contributed by atoms with E-state index in [2.05, 4.69) is 49.1 Å². The first-order valence-electron chi connectivity index (χ1n) is 7.32. The summed E-state index contributed by atoms with van der Waals surface area (Å²) in [5, 5.41) is 0. The minimum Gasteiger partial charge on any atom is -0.363 e. The van der Waals surface area contributed by atoms with Crippen LogP contribution in [0.4, 0.5) is 5.69 Å². The van der Waals surface area contributed by atoms with E-state index < -0.39 is 0 Å². The van der Waals surface area contributed by atoms with Gasteiger partial charge in [0.15, 0.2) is 0 Å². The number of hydrogen-bond donors (Lipinski definition) is 1. The summed E-state index contributed by atoms with van der Waals surface area (Å²) in [5.41, 5.74) is 10.4. The molecule has 0 aliphatic carbocycles. The van der Waals surface area contributed by atoms with Crippen LogP contribution in [0.3, 0.4) is 0 Å². The molecule has 0 spiro atoms. The first-order valence-corrected chi connectivity index (χ1v) is 8.14. The molecule has 0 saturated heterocycles. The molecule has 0 saturated carbocycles. The number of para-hydroxylation sites is 1. The van der Waals surface area contributed by atoms with Crippen LogP contribution < -0.4 is 10.6 Å². The quantitative estimate of drug-likeness (QED) is 0.929. The van der Waals surface area contributed by atoms with Crippen molar-refractivity contribution in [2.45, 2.75) is 32.7 Å². The lowest BCUT2D eigenvalue weighted by Crippen LogP contribution is -2.37. The Labute approximate surface area is 125 Å². The number of fused-ring (bicyclic) bond motifs is 1. The van der Waals surface area contributed by atoms with Gasteiger partial charge in [-0.25, -0.2) is 0 Å². The van der Waals surface area contributed by atoms with Crippen LogP contribution >= 0.6 is 11.3 Å². The van der Waals surface area contributed by atoms with Crippen LogP contribution in [-0.2, 0) is 6.42 Å². The molecule has 20 heavy (non-hydrogen) atoms. The Balaban J connectivity index is 2.01. The van der Waals surface area contributed by atoms with Gasteiger partial charge in [0.2, 0.25) is 0 Å². The van der Waals surface area contributed by atoms with Crippen molar-refractivity contribution in [2.75, 3.05) is 18.0 Å². The van der Waals surface area contributed by atoms with Gasteiger partial charge in [-0.3, -0.25) is 0 Å². The molecule has 2 N–H and O–H groups in total. The number of aryl methyl sites for hydroxylation is 3. The van der Waals surface area contributed by atoms with E-state index in [1.807, 2.05) is 11.3 Å². The third-order valence-corrected chi connectivity index (χ3v) is 5.17. The molecular formula is C17H22N2S. The summed E-state index contributed by atoms with van der Waals surface area (Å²) in [6.07, 6.45) is 2.40. The molecule has 1 aliphatic heterocycles. The fourth-order valence-corrected chi connectivity index (χ4v) is 4.27. The summed E-state index contributed by atoms with van der Waals surface area (Å²) in [5.74, 6) is 0. The van der Waals surface area contributed by atoms with Crippen LogP contribution in [0.1, 0.15) is 33.3 Å². The Morgan fingerprint density at radius 3 is 2.80 bits per heavy atom. The van der Waals surface area contributed by atoms with Crippen molar-refractivity contribution in [3.63, 3.8) is 0 Å². The van der Waals surface area contributed by atoms with Crippen molar-refractivity contribution >= 4 is 17.0 Å². The molecule has 1 unspecified atom stereocenters. The Bertz CT molecular complexity index is 603. The lowest BCUT2D eigenvalue weighted by atomic mass is 9.97. The maximum atomic E-state index is 6.13. The van der Waals surface area contributed by atoms with Crippen LogP contribution in [0, 0.1) is 13.8 Å². The van der Waals surface area contributed by atoms with Gasteiger partial charge in [0.25, 0.3) is 0 Å². The minimum absolute atomic E-state index is 0.307. The molecule has 2 aromatic rings. The van der Waals surface area contributed by atoms with Gasteiger partial charge in [0, 0.05) is 28.5 Å². The van der Waals surface area contributed by atoms with Crippen LogP contribution in [-0.4, -0.2) is 13.1 Å². The second kappa shape index (κ2) is 5.58. The van der Waals surface area contributed by atoms with E-state index in [0.29, 0.717) is 12.6 Å². The van der Waals surface area contributed by atoms with Gasteiger partial charge >= 0.3 is 0 Å². The van der Waals surface area contributed by atoms with Gasteiger partial charge in [-0.2, -0.15) is 0 Å². The van der Waals surface area contributed by atoms with Gasteiger partial charge in [0.05, 0.1) is 6.04 Å². The summed E-state index contributed by atoms with van der Waals surface area (Å²) in [6, 6.07) is 11.4.